The Hall–Kier alpha value is -4.31. The maximum atomic E-state index is 15.0. The Balaban J connectivity index is 1.39. The molecule has 218 valence electrons. The fourth-order valence-electron chi connectivity index (χ4n) is 5.64. The van der Waals surface area contributed by atoms with Crippen LogP contribution in [0.15, 0.2) is 121 Å². The van der Waals surface area contributed by atoms with Gasteiger partial charge >= 0.3 is 0 Å². The Morgan fingerprint density at radius 2 is 1.67 bits per heavy atom. The van der Waals surface area contributed by atoms with E-state index in [-0.39, 0.29) is 40.4 Å². The van der Waals surface area contributed by atoms with Crippen molar-refractivity contribution in [2.75, 3.05) is 12.4 Å². The van der Waals surface area contributed by atoms with E-state index < -0.39 is 22.0 Å². The molecule has 2 aromatic heterocycles. The number of alkyl halides is 1. The number of nitrogens with zero attached hydrogens (tertiary/aromatic N) is 3. The molecular formula is C33H28ClFN4O3S. The summed E-state index contributed by atoms with van der Waals surface area (Å²) in [4.78, 5) is 18.8. The van der Waals surface area contributed by atoms with E-state index in [4.69, 9.17) is 11.6 Å². The summed E-state index contributed by atoms with van der Waals surface area (Å²) in [7, 11) is -4.09. The first-order valence-electron chi connectivity index (χ1n) is 13.7. The van der Waals surface area contributed by atoms with Gasteiger partial charge in [-0.2, -0.15) is 0 Å². The van der Waals surface area contributed by atoms with Crippen LogP contribution in [0.4, 0.5) is 4.39 Å². The molecule has 7 nitrogen and oxygen atoms in total. The van der Waals surface area contributed by atoms with E-state index in [9.17, 15) is 17.6 Å². The van der Waals surface area contributed by atoms with Crippen molar-refractivity contribution < 1.29 is 17.6 Å². The summed E-state index contributed by atoms with van der Waals surface area (Å²) in [5.74, 6) is -0.993. The molecule has 0 saturated carbocycles. The minimum atomic E-state index is -4.09. The van der Waals surface area contributed by atoms with Crippen molar-refractivity contribution in [3.63, 3.8) is 0 Å². The largest absolute Gasteiger partial charge is 0.321 e. The SMILES string of the molecule is O=C(CCl)N1CC(c2ccccc2)c2ccccc2C1NCc1cc(-c2ccccc2F)n(S(=O)(=O)c2cccnc2)c1. The zero-order valence-electron chi connectivity index (χ0n) is 23.0. The summed E-state index contributed by atoms with van der Waals surface area (Å²) in [6.45, 7) is 0.610. The van der Waals surface area contributed by atoms with E-state index in [1.165, 1.54) is 36.8 Å². The van der Waals surface area contributed by atoms with Gasteiger partial charge in [0.2, 0.25) is 5.91 Å². The molecule has 5 aromatic rings. The van der Waals surface area contributed by atoms with Gasteiger partial charge in [-0.3, -0.25) is 15.1 Å². The molecule has 43 heavy (non-hydrogen) atoms. The van der Waals surface area contributed by atoms with E-state index in [0.29, 0.717) is 12.1 Å². The molecule has 1 amide bonds. The highest BCUT2D eigenvalue weighted by Crippen LogP contribution is 2.39. The third kappa shape index (κ3) is 5.59. The van der Waals surface area contributed by atoms with Crippen LogP contribution in [0.1, 0.15) is 34.3 Å². The molecule has 6 rings (SSSR count). The Morgan fingerprint density at radius 3 is 2.40 bits per heavy atom. The number of halogens is 2. The normalized spacial score (nSPS) is 16.6. The number of nitrogens with one attached hydrogen (secondary N) is 1. The first-order valence-corrected chi connectivity index (χ1v) is 15.7. The number of hydrogen-bond donors (Lipinski definition) is 1. The first-order chi connectivity index (χ1) is 20.9. The average Bonchev–Trinajstić information content (AvgIpc) is 3.49. The van der Waals surface area contributed by atoms with Crippen molar-refractivity contribution in [3.8, 4) is 11.3 Å². The van der Waals surface area contributed by atoms with E-state index in [0.717, 1.165) is 20.7 Å². The summed E-state index contributed by atoms with van der Waals surface area (Å²) >= 11 is 6.07. The maximum Gasteiger partial charge on any atom is 0.269 e. The number of carbonyl (C=O) groups excluding carboxylic acids is 1. The van der Waals surface area contributed by atoms with Gasteiger partial charge in [0.1, 0.15) is 22.8 Å². The second kappa shape index (κ2) is 12.1. The highest BCUT2D eigenvalue weighted by Gasteiger charge is 2.36. The predicted octanol–water partition coefficient (Wildman–Crippen LogP) is 5.93. The smallest absolute Gasteiger partial charge is 0.269 e. The van der Waals surface area contributed by atoms with Gasteiger partial charge in [0.15, 0.2) is 0 Å². The fourth-order valence-corrected chi connectivity index (χ4v) is 7.15. The summed E-state index contributed by atoms with van der Waals surface area (Å²) in [6, 6.07) is 28.6. The van der Waals surface area contributed by atoms with Gasteiger partial charge in [0, 0.05) is 43.2 Å². The monoisotopic (exact) mass is 614 g/mol. The summed E-state index contributed by atoms with van der Waals surface area (Å²) in [5, 5.41) is 3.46. The summed E-state index contributed by atoms with van der Waals surface area (Å²) in [5.41, 5.74) is 4.03. The lowest BCUT2D eigenvalue weighted by molar-refractivity contribution is -0.132. The van der Waals surface area contributed by atoms with Crippen molar-refractivity contribution in [3.05, 3.63) is 144 Å². The van der Waals surface area contributed by atoms with Crippen molar-refractivity contribution in [2.45, 2.75) is 23.5 Å². The molecule has 0 radical (unpaired) electrons. The van der Waals surface area contributed by atoms with Crippen molar-refractivity contribution in [2.24, 2.45) is 0 Å². The van der Waals surface area contributed by atoms with E-state index >= 15 is 0 Å². The van der Waals surface area contributed by atoms with Crippen LogP contribution in [0.3, 0.4) is 0 Å². The second-order valence-corrected chi connectivity index (χ2v) is 12.3. The number of pyridine rings is 1. The van der Waals surface area contributed by atoms with Gasteiger partial charge in [-0.25, -0.2) is 16.8 Å². The lowest BCUT2D eigenvalue weighted by Gasteiger charge is -2.41. The van der Waals surface area contributed by atoms with Crippen LogP contribution in [-0.4, -0.2) is 40.6 Å². The molecule has 1 N–H and O–H groups in total. The lowest BCUT2D eigenvalue weighted by atomic mass is 9.83. The number of carbonyl (C=O) groups is 1. The van der Waals surface area contributed by atoms with Crippen LogP contribution >= 0.6 is 11.6 Å². The second-order valence-electron chi connectivity index (χ2n) is 10.3. The minimum absolute atomic E-state index is 0.0188. The Morgan fingerprint density at radius 1 is 0.953 bits per heavy atom. The Bertz CT molecular complexity index is 1870. The zero-order valence-corrected chi connectivity index (χ0v) is 24.5. The molecular weight excluding hydrogens is 587 g/mol. The van der Waals surface area contributed by atoms with Gasteiger partial charge in [-0.1, -0.05) is 66.7 Å². The fraction of sp³-hybridized carbons (Fsp3) is 0.152. The molecule has 0 spiro atoms. The van der Waals surface area contributed by atoms with Crippen LogP contribution in [0, 0.1) is 5.82 Å². The number of benzene rings is 3. The van der Waals surface area contributed by atoms with Gasteiger partial charge < -0.3 is 4.90 Å². The van der Waals surface area contributed by atoms with Crippen molar-refractivity contribution in [1.29, 1.82) is 0 Å². The molecule has 1 aliphatic heterocycles. The molecule has 3 aromatic carbocycles. The number of rotatable bonds is 8. The van der Waals surface area contributed by atoms with Gasteiger partial charge in [0.05, 0.1) is 5.69 Å². The number of aromatic nitrogens is 2. The zero-order chi connectivity index (χ0) is 30.0. The first kappa shape index (κ1) is 28.8. The predicted molar refractivity (Wildman–Crippen MR) is 163 cm³/mol. The topological polar surface area (TPSA) is 84.3 Å². The van der Waals surface area contributed by atoms with Crippen molar-refractivity contribution >= 4 is 27.5 Å². The molecule has 0 fully saturated rings. The molecule has 3 heterocycles. The molecule has 0 bridgehead atoms. The van der Waals surface area contributed by atoms with Crippen LogP contribution in [0.25, 0.3) is 11.3 Å². The van der Waals surface area contributed by atoms with Crippen LogP contribution in [0.2, 0.25) is 0 Å². The maximum absolute atomic E-state index is 15.0. The van der Waals surface area contributed by atoms with Gasteiger partial charge in [-0.15, -0.1) is 11.6 Å². The van der Waals surface area contributed by atoms with E-state index in [1.54, 1.807) is 29.2 Å². The lowest BCUT2D eigenvalue weighted by Crippen LogP contribution is -2.48. The van der Waals surface area contributed by atoms with Crippen molar-refractivity contribution in [1.82, 2.24) is 19.2 Å². The number of hydrogen-bond acceptors (Lipinski definition) is 5. The molecule has 2 atom stereocenters. The standard InChI is InChI=1S/C33H28ClFN4O3S/c34-18-32(40)38-22-29(24-9-2-1-3-10-24)26-12-4-5-13-27(26)33(38)37-19-23-17-31(28-14-6-7-15-30(28)35)39(21-23)43(41,42)25-11-8-16-36-20-25/h1-17,20-21,29,33,37H,18-19,22H2. The highest BCUT2D eigenvalue weighted by atomic mass is 35.5. The third-order valence-corrected chi connectivity index (χ3v) is 9.56. The van der Waals surface area contributed by atoms with Crippen LogP contribution < -0.4 is 5.32 Å². The minimum Gasteiger partial charge on any atom is -0.321 e. The molecule has 1 aliphatic rings. The van der Waals surface area contributed by atoms with Gasteiger partial charge in [-0.05, 0) is 52.6 Å². The Kier molecular flexibility index (Phi) is 8.12. The van der Waals surface area contributed by atoms with Gasteiger partial charge in [0.25, 0.3) is 10.0 Å². The quantitative estimate of drug-likeness (QED) is 0.219. The third-order valence-electron chi connectivity index (χ3n) is 7.68. The van der Waals surface area contributed by atoms with Crippen LogP contribution in [-0.2, 0) is 21.4 Å². The van der Waals surface area contributed by atoms with E-state index in [2.05, 4.69) is 16.4 Å². The molecule has 10 heteroatoms. The number of fused-ring (bicyclic) bond motifs is 1. The average molecular weight is 615 g/mol. The molecule has 0 aliphatic carbocycles. The highest BCUT2D eigenvalue weighted by molar-refractivity contribution is 7.90. The Labute approximate surface area is 254 Å². The van der Waals surface area contributed by atoms with Crippen LogP contribution in [0.5, 0.6) is 0 Å². The summed E-state index contributed by atoms with van der Waals surface area (Å²) in [6.07, 6.45) is 3.71. The molecule has 2 unspecified atom stereocenters. The number of amides is 1. The van der Waals surface area contributed by atoms with E-state index in [1.807, 2.05) is 48.5 Å². The summed E-state index contributed by atoms with van der Waals surface area (Å²) < 4.78 is 43.4. The molecule has 0 saturated heterocycles.